The molecule has 2 rings (SSSR count). The number of carbonyl (C=O) groups is 1. The summed E-state index contributed by atoms with van der Waals surface area (Å²) in [5.74, 6) is 0.722. The van der Waals surface area contributed by atoms with E-state index in [1.807, 2.05) is 4.90 Å². The minimum atomic E-state index is 0.121. The molecule has 1 unspecified atom stereocenters. The normalized spacial score (nSPS) is 20.9. The molecule has 1 aliphatic rings. The van der Waals surface area contributed by atoms with E-state index in [4.69, 9.17) is 11.6 Å². The zero-order valence-corrected chi connectivity index (χ0v) is 11.2. The summed E-state index contributed by atoms with van der Waals surface area (Å²) < 4.78 is 0.676. The molecule has 1 fully saturated rings. The Kier molecular flexibility index (Phi) is 3.69. The van der Waals surface area contributed by atoms with Gasteiger partial charge in [-0.05, 0) is 24.5 Å². The van der Waals surface area contributed by atoms with E-state index in [0.717, 1.165) is 29.7 Å². The monoisotopic (exact) mass is 307 g/mol. The molecule has 1 aromatic rings. The van der Waals surface area contributed by atoms with Crippen molar-refractivity contribution in [2.75, 3.05) is 18.4 Å². The highest BCUT2D eigenvalue weighted by molar-refractivity contribution is 9.09. The van der Waals surface area contributed by atoms with E-state index < -0.39 is 0 Å². The van der Waals surface area contributed by atoms with Gasteiger partial charge in [-0.25, -0.2) is 0 Å². The molecule has 0 bridgehead atoms. The first kappa shape index (κ1) is 11.4. The maximum absolute atomic E-state index is 12.0. The first-order valence-electron chi connectivity index (χ1n) is 4.81. The standard InChI is InChI=1S/C10H11BrClNOS/c11-5-7-3-4-13(6-7)10(14)8-1-2-9(12)15-8/h1-2,7H,3-6H2. The number of halogens is 2. The highest BCUT2D eigenvalue weighted by atomic mass is 79.9. The van der Waals surface area contributed by atoms with E-state index in [-0.39, 0.29) is 5.91 Å². The number of carbonyl (C=O) groups excluding carboxylic acids is 1. The Morgan fingerprint density at radius 2 is 2.47 bits per heavy atom. The van der Waals surface area contributed by atoms with Crippen molar-refractivity contribution in [2.45, 2.75) is 6.42 Å². The van der Waals surface area contributed by atoms with Crippen LogP contribution in [-0.2, 0) is 0 Å². The quantitative estimate of drug-likeness (QED) is 0.768. The average molecular weight is 309 g/mol. The fraction of sp³-hybridized carbons (Fsp3) is 0.500. The van der Waals surface area contributed by atoms with Crippen molar-refractivity contribution in [3.63, 3.8) is 0 Å². The predicted octanol–water partition coefficient (Wildman–Crippen LogP) is 3.26. The van der Waals surface area contributed by atoms with E-state index >= 15 is 0 Å². The summed E-state index contributed by atoms with van der Waals surface area (Å²) in [6.07, 6.45) is 1.09. The van der Waals surface area contributed by atoms with Crippen molar-refractivity contribution in [1.29, 1.82) is 0 Å². The zero-order chi connectivity index (χ0) is 10.8. The van der Waals surface area contributed by atoms with Crippen LogP contribution in [0.4, 0.5) is 0 Å². The minimum Gasteiger partial charge on any atom is -0.338 e. The Balaban J connectivity index is 2.03. The van der Waals surface area contributed by atoms with Crippen LogP contribution in [0.3, 0.4) is 0 Å². The van der Waals surface area contributed by atoms with Gasteiger partial charge in [-0.15, -0.1) is 11.3 Å². The third kappa shape index (κ3) is 2.55. The molecule has 15 heavy (non-hydrogen) atoms. The fourth-order valence-corrected chi connectivity index (χ4v) is 3.27. The highest BCUT2D eigenvalue weighted by Crippen LogP contribution is 2.25. The van der Waals surface area contributed by atoms with Gasteiger partial charge in [-0.1, -0.05) is 27.5 Å². The topological polar surface area (TPSA) is 20.3 Å². The number of likely N-dealkylation sites (tertiary alicyclic amines) is 1. The molecule has 1 aromatic heterocycles. The molecule has 1 aliphatic heterocycles. The van der Waals surface area contributed by atoms with Crippen LogP contribution >= 0.6 is 38.9 Å². The second kappa shape index (κ2) is 4.85. The SMILES string of the molecule is O=C(c1ccc(Cl)s1)N1CCC(CBr)C1. The summed E-state index contributed by atoms with van der Waals surface area (Å²) in [4.78, 5) is 14.6. The Labute approximate surface area is 106 Å². The number of thiophene rings is 1. The molecule has 1 saturated heterocycles. The van der Waals surface area contributed by atoms with E-state index in [2.05, 4.69) is 15.9 Å². The van der Waals surface area contributed by atoms with Gasteiger partial charge in [0.2, 0.25) is 0 Å². The second-order valence-corrected chi connectivity index (χ2v) is 6.03. The van der Waals surface area contributed by atoms with Gasteiger partial charge in [0.1, 0.15) is 0 Å². The number of hydrogen-bond donors (Lipinski definition) is 0. The molecule has 1 amide bonds. The smallest absolute Gasteiger partial charge is 0.263 e. The van der Waals surface area contributed by atoms with Gasteiger partial charge in [0.15, 0.2) is 0 Å². The summed E-state index contributed by atoms with van der Waals surface area (Å²) in [7, 11) is 0. The molecule has 5 heteroatoms. The molecule has 2 nitrogen and oxygen atoms in total. The third-order valence-electron chi connectivity index (χ3n) is 2.58. The largest absolute Gasteiger partial charge is 0.338 e. The molecule has 0 radical (unpaired) electrons. The molecule has 0 aromatic carbocycles. The maximum atomic E-state index is 12.0. The van der Waals surface area contributed by atoms with Gasteiger partial charge in [-0.2, -0.15) is 0 Å². The Hall–Kier alpha value is -0.0600. The molecular weight excluding hydrogens is 298 g/mol. The van der Waals surface area contributed by atoms with E-state index in [1.165, 1.54) is 11.3 Å². The van der Waals surface area contributed by atoms with Crippen LogP contribution in [0.1, 0.15) is 16.1 Å². The van der Waals surface area contributed by atoms with Crippen LogP contribution in [0, 0.1) is 5.92 Å². The maximum Gasteiger partial charge on any atom is 0.263 e. The van der Waals surface area contributed by atoms with Crippen LogP contribution in [0.2, 0.25) is 4.34 Å². The predicted molar refractivity (Wildman–Crippen MR) is 67.1 cm³/mol. The number of rotatable bonds is 2. The lowest BCUT2D eigenvalue weighted by Gasteiger charge is -2.14. The van der Waals surface area contributed by atoms with Crippen molar-refractivity contribution in [1.82, 2.24) is 4.90 Å². The number of nitrogens with zero attached hydrogens (tertiary/aromatic N) is 1. The van der Waals surface area contributed by atoms with Gasteiger partial charge >= 0.3 is 0 Å². The molecule has 0 saturated carbocycles. The van der Waals surface area contributed by atoms with Gasteiger partial charge < -0.3 is 4.90 Å². The van der Waals surface area contributed by atoms with Crippen molar-refractivity contribution in [2.24, 2.45) is 5.92 Å². The number of alkyl halides is 1. The van der Waals surface area contributed by atoms with E-state index in [1.54, 1.807) is 12.1 Å². The molecule has 0 spiro atoms. The van der Waals surface area contributed by atoms with E-state index in [0.29, 0.717) is 10.3 Å². The van der Waals surface area contributed by atoms with Crippen LogP contribution in [0.5, 0.6) is 0 Å². The Morgan fingerprint density at radius 1 is 1.67 bits per heavy atom. The highest BCUT2D eigenvalue weighted by Gasteiger charge is 2.26. The average Bonchev–Trinajstić information content (AvgIpc) is 2.84. The van der Waals surface area contributed by atoms with Gasteiger partial charge in [0.25, 0.3) is 5.91 Å². The minimum absolute atomic E-state index is 0.121. The Bertz CT molecular complexity index is 368. The van der Waals surface area contributed by atoms with Crippen LogP contribution in [0.15, 0.2) is 12.1 Å². The van der Waals surface area contributed by atoms with E-state index in [9.17, 15) is 4.79 Å². The third-order valence-corrected chi connectivity index (χ3v) is 4.71. The fourth-order valence-electron chi connectivity index (χ4n) is 1.73. The second-order valence-electron chi connectivity index (χ2n) is 3.66. The molecule has 1 atom stereocenters. The van der Waals surface area contributed by atoms with Crippen molar-refractivity contribution < 1.29 is 4.79 Å². The van der Waals surface area contributed by atoms with Crippen LogP contribution < -0.4 is 0 Å². The Morgan fingerprint density at radius 3 is 3.00 bits per heavy atom. The van der Waals surface area contributed by atoms with Gasteiger partial charge in [0.05, 0.1) is 9.21 Å². The molecule has 0 N–H and O–H groups in total. The number of amides is 1. The lowest BCUT2D eigenvalue weighted by Crippen LogP contribution is -2.28. The van der Waals surface area contributed by atoms with Crippen LogP contribution in [-0.4, -0.2) is 29.2 Å². The summed E-state index contributed by atoms with van der Waals surface area (Å²) in [5.41, 5.74) is 0. The van der Waals surface area contributed by atoms with Gasteiger partial charge in [0, 0.05) is 18.4 Å². The zero-order valence-electron chi connectivity index (χ0n) is 8.08. The molecule has 82 valence electrons. The summed E-state index contributed by atoms with van der Waals surface area (Å²) in [6, 6.07) is 3.58. The van der Waals surface area contributed by atoms with Crippen LogP contribution in [0.25, 0.3) is 0 Å². The lowest BCUT2D eigenvalue weighted by molar-refractivity contribution is 0.0793. The first-order valence-corrected chi connectivity index (χ1v) is 7.13. The summed E-state index contributed by atoms with van der Waals surface area (Å²) in [5, 5.41) is 0.974. The lowest BCUT2D eigenvalue weighted by atomic mass is 10.2. The summed E-state index contributed by atoms with van der Waals surface area (Å²) in [6.45, 7) is 1.73. The van der Waals surface area contributed by atoms with Crippen molar-refractivity contribution in [3.8, 4) is 0 Å². The van der Waals surface area contributed by atoms with Crippen molar-refractivity contribution >= 4 is 44.8 Å². The number of hydrogen-bond acceptors (Lipinski definition) is 2. The molecule has 0 aliphatic carbocycles. The molecular formula is C10H11BrClNOS. The first-order chi connectivity index (χ1) is 7.20. The van der Waals surface area contributed by atoms with Gasteiger partial charge in [-0.3, -0.25) is 4.79 Å². The molecule has 2 heterocycles. The summed E-state index contributed by atoms with van der Waals surface area (Å²) >= 11 is 10.6. The van der Waals surface area contributed by atoms with Crippen molar-refractivity contribution in [3.05, 3.63) is 21.3 Å².